The molecular weight excluding hydrogens is 304 g/mol. The van der Waals surface area contributed by atoms with Crippen molar-refractivity contribution in [2.75, 3.05) is 25.0 Å². The van der Waals surface area contributed by atoms with Crippen LogP contribution in [0.25, 0.3) is 4.96 Å². The number of nitrogens with zero attached hydrogens (tertiary/aromatic N) is 4. The minimum Gasteiger partial charge on any atom is -0.369 e. The Bertz CT molecular complexity index is 747. The molecule has 1 aliphatic heterocycles. The van der Waals surface area contributed by atoms with E-state index < -0.39 is 0 Å². The smallest absolute Gasteiger partial charge is 0.275 e. The van der Waals surface area contributed by atoms with Gasteiger partial charge in [0.05, 0.1) is 6.54 Å². The summed E-state index contributed by atoms with van der Waals surface area (Å²) < 4.78 is 1.32. The molecule has 2 aromatic rings. The van der Waals surface area contributed by atoms with Gasteiger partial charge in [-0.2, -0.15) is 4.52 Å². The Balaban J connectivity index is 1.66. The minimum atomic E-state index is -0.293. The molecule has 0 aromatic carbocycles. The third kappa shape index (κ3) is 3.25. The van der Waals surface area contributed by atoms with Crippen LogP contribution in [0.2, 0.25) is 0 Å². The van der Waals surface area contributed by atoms with E-state index in [-0.39, 0.29) is 17.5 Å². The molecule has 0 radical (unpaired) electrons. The lowest BCUT2D eigenvalue weighted by Crippen LogP contribution is -2.42. The van der Waals surface area contributed by atoms with Gasteiger partial charge in [0.2, 0.25) is 16.0 Å². The highest BCUT2D eigenvalue weighted by Crippen LogP contribution is 2.20. The van der Waals surface area contributed by atoms with E-state index in [1.54, 1.807) is 6.92 Å². The maximum Gasteiger partial charge on any atom is 0.275 e. The van der Waals surface area contributed by atoms with E-state index in [0.717, 1.165) is 25.9 Å². The van der Waals surface area contributed by atoms with Crippen molar-refractivity contribution in [2.45, 2.75) is 25.8 Å². The molecule has 22 heavy (non-hydrogen) atoms. The second-order valence-electron chi connectivity index (χ2n) is 5.50. The van der Waals surface area contributed by atoms with Gasteiger partial charge in [0.1, 0.15) is 0 Å². The number of hydrogen-bond acceptors (Lipinski definition) is 7. The maximum atomic E-state index is 11.8. The van der Waals surface area contributed by atoms with Crippen LogP contribution in [0.3, 0.4) is 0 Å². The van der Waals surface area contributed by atoms with Gasteiger partial charge in [0, 0.05) is 30.9 Å². The van der Waals surface area contributed by atoms with Crippen LogP contribution < -0.4 is 16.6 Å². The molecule has 3 rings (SSSR count). The number of nitrogens with one attached hydrogen (secondary N) is 1. The summed E-state index contributed by atoms with van der Waals surface area (Å²) in [5.41, 5.74) is 5.74. The van der Waals surface area contributed by atoms with Crippen LogP contribution in [-0.4, -0.2) is 51.1 Å². The van der Waals surface area contributed by atoms with E-state index >= 15 is 0 Å². The van der Waals surface area contributed by atoms with E-state index in [9.17, 15) is 9.59 Å². The molecule has 1 amide bonds. The summed E-state index contributed by atoms with van der Waals surface area (Å²) in [4.78, 5) is 29.7. The van der Waals surface area contributed by atoms with Crippen molar-refractivity contribution in [3.8, 4) is 0 Å². The van der Waals surface area contributed by atoms with Crippen molar-refractivity contribution in [1.82, 2.24) is 19.5 Å². The molecule has 1 aliphatic rings. The number of fused-ring (bicyclic) bond motifs is 1. The van der Waals surface area contributed by atoms with Crippen LogP contribution >= 0.6 is 11.3 Å². The Morgan fingerprint density at radius 3 is 2.91 bits per heavy atom. The number of carbonyl (C=O) groups is 1. The Morgan fingerprint density at radius 1 is 1.50 bits per heavy atom. The number of likely N-dealkylation sites (tertiary alicyclic amines) is 1. The van der Waals surface area contributed by atoms with Gasteiger partial charge in [-0.1, -0.05) is 11.3 Å². The summed E-state index contributed by atoms with van der Waals surface area (Å²) in [6, 6.07) is 1.75. The number of rotatable bonds is 4. The van der Waals surface area contributed by atoms with Crippen molar-refractivity contribution in [2.24, 2.45) is 5.73 Å². The molecule has 0 saturated carbocycles. The molecule has 0 aliphatic carbocycles. The van der Waals surface area contributed by atoms with E-state index in [1.165, 1.54) is 21.9 Å². The first-order valence-corrected chi connectivity index (χ1v) is 7.97. The number of piperidine rings is 1. The van der Waals surface area contributed by atoms with Gasteiger partial charge in [0.25, 0.3) is 5.56 Å². The van der Waals surface area contributed by atoms with Gasteiger partial charge in [-0.25, -0.2) is 4.98 Å². The summed E-state index contributed by atoms with van der Waals surface area (Å²) in [5.74, 6) is -0.293. The van der Waals surface area contributed by atoms with Gasteiger partial charge in [-0.05, 0) is 19.8 Å². The summed E-state index contributed by atoms with van der Waals surface area (Å²) in [5, 5.41) is 8.33. The quantitative estimate of drug-likeness (QED) is 0.809. The van der Waals surface area contributed by atoms with Crippen molar-refractivity contribution < 1.29 is 4.79 Å². The molecule has 0 spiro atoms. The molecule has 118 valence electrons. The zero-order chi connectivity index (χ0) is 15.7. The molecule has 9 heteroatoms. The Morgan fingerprint density at radius 2 is 2.23 bits per heavy atom. The van der Waals surface area contributed by atoms with Crippen LogP contribution in [-0.2, 0) is 4.79 Å². The Hall–Kier alpha value is -2.00. The molecule has 0 atom stereocenters. The largest absolute Gasteiger partial charge is 0.369 e. The fraction of sp³-hybridized carbons (Fsp3) is 0.538. The van der Waals surface area contributed by atoms with Gasteiger partial charge in [-0.15, -0.1) is 5.10 Å². The number of primary amides is 1. The lowest BCUT2D eigenvalue weighted by atomic mass is 10.1. The van der Waals surface area contributed by atoms with E-state index in [2.05, 4.69) is 15.4 Å². The van der Waals surface area contributed by atoms with Crippen LogP contribution in [0.4, 0.5) is 5.13 Å². The fourth-order valence-electron chi connectivity index (χ4n) is 2.61. The fourth-order valence-corrected chi connectivity index (χ4v) is 3.54. The molecule has 1 saturated heterocycles. The first-order chi connectivity index (χ1) is 10.5. The number of carbonyl (C=O) groups excluding carboxylic acids is 1. The second-order valence-corrected chi connectivity index (χ2v) is 6.45. The standard InChI is InChI=1S/C13H18N6O2S/c1-8-6-11(21)19-13(15-8)22-12(17-19)16-9-2-4-18(5-3-9)7-10(14)20/h6,9H,2-5,7H2,1H3,(H2,14,20)(H,16,17). The Kier molecular flexibility index (Phi) is 4.08. The Labute approximate surface area is 130 Å². The summed E-state index contributed by atoms with van der Waals surface area (Å²) in [6.07, 6.45) is 1.81. The third-order valence-corrected chi connectivity index (χ3v) is 4.51. The predicted molar refractivity (Wildman–Crippen MR) is 84.2 cm³/mol. The maximum absolute atomic E-state index is 11.8. The van der Waals surface area contributed by atoms with Crippen molar-refractivity contribution in [3.63, 3.8) is 0 Å². The molecule has 1 fully saturated rings. The first kappa shape index (κ1) is 14.9. The number of aromatic nitrogens is 3. The third-order valence-electron chi connectivity index (χ3n) is 3.67. The summed E-state index contributed by atoms with van der Waals surface area (Å²) in [7, 11) is 0. The lowest BCUT2D eigenvalue weighted by molar-refractivity contribution is -0.119. The highest BCUT2D eigenvalue weighted by Gasteiger charge is 2.21. The lowest BCUT2D eigenvalue weighted by Gasteiger charge is -2.31. The van der Waals surface area contributed by atoms with Crippen LogP contribution in [0, 0.1) is 6.92 Å². The molecule has 2 aromatic heterocycles. The molecular formula is C13H18N6O2S. The van der Waals surface area contributed by atoms with Crippen molar-refractivity contribution in [1.29, 1.82) is 0 Å². The highest BCUT2D eigenvalue weighted by atomic mass is 32.1. The number of amides is 1. The topological polar surface area (TPSA) is 106 Å². The van der Waals surface area contributed by atoms with Gasteiger partial charge >= 0.3 is 0 Å². The summed E-state index contributed by atoms with van der Waals surface area (Å²) >= 11 is 1.37. The second kappa shape index (κ2) is 6.01. The van der Waals surface area contributed by atoms with Gasteiger partial charge < -0.3 is 11.1 Å². The molecule has 3 heterocycles. The molecule has 0 unspecified atom stereocenters. The van der Waals surface area contributed by atoms with Crippen LogP contribution in [0.15, 0.2) is 10.9 Å². The number of nitrogens with two attached hydrogens (primary N) is 1. The predicted octanol–water partition coefficient (Wildman–Crippen LogP) is -0.179. The van der Waals surface area contributed by atoms with E-state index in [1.807, 2.05) is 4.90 Å². The normalized spacial score (nSPS) is 17.0. The van der Waals surface area contributed by atoms with Crippen LogP contribution in [0.5, 0.6) is 0 Å². The SMILES string of the molecule is Cc1cc(=O)n2nc(NC3CCN(CC(N)=O)CC3)sc2n1. The van der Waals surface area contributed by atoms with E-state index in [4.69, 9.17) is 5.73 Å². The van der Waals surface area contributed by atoms with Gasteiger partial charge in [0.15, 0.2) is 0 Å². The van der Waals surface area contributed by atoms with Gasteiger partial charge in [-0.3, -0.25) is 14.5 Å². The highest BCUT2D eigenvalue weighted by molar-refractivity contribution is 7.20. The molecule has 0 bridgehead atoms. The number of anilines is 1. The zero-order valence-electron chi connectivity index (χ0n) is 12.3. The summed E-state index contributed by atoms with van der Waals surface area (Å²) in [6.45, 7) is 3.75. The van der Waals surface area contributed by atoms with E-state index in [0.29, 0.717) is 22.3 Å². The zero-order valence-corrected chi connectivity index (χ0v) is 13.1. The van der Waals surface area contributed by atoms with Crippen molar-refractivity contribution in [3.05, 3.63) is 22.1 Å². The number of hydrogen-bond donors (Lipinski definition) is 2. The monoisotopic (exact) mass is 322 g/mol. The minimum absolute atomic E-state index is 0.164. The average molecular weight is 322 g/mol. The van der Waals surface area contributed by atoms with Crippen LogP contribution in [0.1, 0.15) is 18.5 Å². The molecule has 8 nitrogen and oxygen atoms in total. The molecule has 3 N–H and O–H groups in total. The first-order valence-electron chi connectivity index (χ1n) is 7.16. The number of aryl methyl sites for hydroxylation is 1. The average Bonchev–Trinajstić information content (AvgIpc) is 2.83. The van der Waals surface area contributed by atoms with Crippen molar-refractivity contribution >= 4 is 27.3 Å².